The van der Waals surface area contributed by atoms with Crippen molar-refractivity contribution >= 4 is 17.7 Å². The van der Waals surface area contributed by atoms with Gasteiger partial charge in [-0.1, -0.05) is 32.1 Å². The van der Waals surface area contributed by atoms with Crippen LogP contribution in [0, 0.1) is 16.7 Å². The Morgan fingerprint density at radius 2 is 1.76 bits per heavy atom. The summed E-state index contributed by atoms with van der Waals surface area (Å²) >= 11 is 0. The smallest absolute Gasteiger partial charge is 0.412 e. The summed E-state index contributed by atoms with van der Waals surface area (Å²) in [4.78, 5) is 23.8. The van der Waals surface area contributed by atoms with E-state index in [-0.39, 0.29) is 5.75 Å². The van der Waals surface area contributed by atoms with Gasteiger partial charge in [0.25, 0.3) is 5.91 Å². The average Bonchev–Trinajstić information content (AvgIpc) is 2.71. The molecular weight excluding hydrogens is 374 g/mol. The number of benzene rings is 2. The van der Waals surface area contributed by atoms with E-state index in [9.17, 15) is 14.7 Å². The SMILES string of the molecule is CC(C)(/C=C/C(=O)NO)[C@H](OC(=O)Nc1ccc(C#N)cc1)c1ccc(O)cc1. The van der Waals surface area contributed by atoms with Crippen LogP contribution in [-0.4, -0.2) is 22.3 Å². The third-order valence-corrected chi connectivity index (χ3v) is 4.13. The first kappa shape index (κ1) is 21.5. The molecule has 0 radical (unpaired) electrons. The average molecular weight is 395 g/mol. The molecule has 0 aliphatic heterocycles. The highest BCUT2D eigenvalue weighted by Gasteiger charge is 2.32. The second-order valence-electron chi connectivity index (χ2n) is 6.82. The van der Waals surface area contributed by atoms with Crippen LogP contribution >= 0.6 is 0 Å². The van der Waals surface area contributed by atoms with E-state index in [0.717, 1.165) is 6.08 Å². The van der Waals surface area contributed by atoms with Gasteiger partial charge in [-0.2, -0.15) is 5.26 Å². The molecule has 150 valence electrons. The molecule has 0 unspecified atom stereocenters. The van der Waals surface area contributed by atoms with Crippen LogP contribution in [0.2, 0.25) is 0 Å². The zero-order valence-electron chi connectivity index (χ0n) is 15.9. The number of nitrogens with zero attached hydrogens (tertiary/aromatic N) is 1. The summed E-state index contributed by atoms with van der Waals surface area (Å²) in [6.07, 6.45) is 1.09. The van der Waals surface area contributed by atoms with Crippen LogP contribution in [-0.2, 0) is 9.53 Å². The summed E-state index contributed by atoms with van der Waals surface area (Å²) in [6, 6.07) is 14.4. The molecule has 29 heavy (non-hydrogen) atoms. The van der Waals surface area contributed by atoms with Crippen LogP contribution in [0.4, 0.5) is 10.5 Å². The Balaban J connectivity index is 2.25. The minimum Gasteiger partial charge on any atom is -0.508 e. The third-order valence-electron chi connectivity index (χ3n) is 4.13. The topological polar surface area (TPSA) is 132 Å². The molecule has 0 heterocycles. The molecule has 2 amide bonds. The molecule has 0 fully saturated rings. The number of rotatable bonds is 6. The lowest BCUT2D eigenvalue weighted by molar-refractivity contribution is -0.124. The molecule has 1 atom stereocenters. The fraction of sp³-hybridized carbons (Fsp3) is 0.190. The van der Waals surface area contributed by atoms with Gasteiger partial charge in [0.1, 0.15) is 11.9 Å². The highest BCUT2D eigenvalue weighted by Crippen LogP contribution is 2.38. The number of ether oxygens (including phenoxy) is 1. The van der Waals surface area contributed by atoms with Crippen LogP contribution in [0.3, 0.4) is 0 Å². The van der Waals surface area contributed by atoms with E-state index in [1.807, 2.05) is 6.07 Å². The van der Waals surface area contributed by atoms with E-state index >= 15 is 0 Å². The van der Waals surface area contributed by atoms with Crippen LogP contribution in [0.5, 0.6) is 5.75 Å². The maximum atomic E-state index is 12.5. The number of carbonyl (C=O) groups excluding carboxylic acids is 2. The van der Waals surface area contributed by atoms with Crippen molar-refractivity contribution in [3.63, 3.8) is 0 Å². The van der Waals surface area contributed by atoms with Gasteiger partial charge < -0.3 is 9.84 Å². The zero-order valence-corrected chi connectivity index (χ0v) is 15.9. The first-order valence-electron chi connectivity index (χ1n) is 8.65. The van der Waals surface area contributed by atoms with E-state index < -0.39 is 23.5 Å². The van der Waals surface area contributed by atoms with E-state index in [4.69, 9.17) is 15.2 Å². The first-order valence-corrected chi connectivity index (χ1v) is 8.65. The molecule has 2 rings (SSSR count). The van der Waals surface area contributed by atoms with Gasteiger partial charge in [0, 0.05) is 17.2 Å². The summed E-state index contributed by atoms with van der Waals surface area (Å²) < 4.78 is 5.63. The summed E-state index contributed by atoms with van der Waals surface area (Å²) in [5, 5.41) is 29.6. The van der Waals surface area contributed by atoms with Gasteiger partial charge in [0.05, 0.1) is 11.6 Å². The van der Waals surface area contributed by atoms with Crippen molar-refractivity contribution in [2.75, 3.05) is 5.32 Å². The number of nitriles is 1. The molecule has 2 aromatic carbocycles. The predicted molar refractivity (Wildman–Crippen MR) is 105 cm³/mol. The monoisotopic (exact) mass is 395 g/mol. The number of anilines is 1. The van der Waals surface area contributed by atoms with Crippen LogP contribution in [0.1, 0.15) is 31.1 Å². The second-order valence-corrected chi connectivity index (χ2v) is 6.82. The Kier molecular flexibility index (Phi) is 6.95. The number of hydrogen-bond acceptors (Lipinski definition) is 6. The maximum Gasteiger partial charge on any atom is 0.412 e. The first-order chi connectivity index (χ1) is 13.7. The van der Waals surface area contributed by atoms with Crippen LogP contribution < -0.4 is 10.8 Å². The lowest BCUT2D eigenvalue weighted by Gasteiger charge is -2.31. The van der Waals surface area contributed by atoms with Crippen molar-refractivity contribution in [1.29, 1.82) is 5.26 Å². The van der Waals surface area contributed by atoms with Crippen molar-refractivity contribution in [3.05, 3.63) is 71.8 Å². The predicted octanol–water partition coefficient (Wildman–Crippen LogP) is 3.64. The Morgan fingerprint density at radius 3 is 2.31 bits per heavy atom. The zero-order chi connectivity index (χ0) is 21.4. The van der Waals surface area contributed by atoms with Crippen molar-refractivity contribution in [1.82, 2.24) is 5.48 Å². The molecule has 2 aromatic rings. The summed E-state index contributed by atoms with van der Waals surface area (Å²) in [5.41, 5.74) is 2.17. The number of aromatic hydroxyl groups is 1. The molecule has 0 saturated carbocycles. The number of phenols is 1. The van der Waals surface area contributed by atoms with Gasteiger partial charge >= 0.3 is 6.09 Å². The molecule has 0 aromatic heterocycles. The molecule has 0 spiro atoms. The number of carbonyl (C=O) groups is 2. The van der Waals surface area contributed by atoms with Crippen LogP contribution in [0.25, 0.3) is 0 Å². The molecule has 4 N–H and O–H groups in total. The van der Waals surface area contributed by atoms with Crippen molar-refractivity contribution < 1.29 is 24.6 Å². The standard InChI is InChI=1S/C21H21N3O5/c1-21(2,12-11-18(26)24-28)19(15-5-9-17(25)10-6-15)29-20(27)23-16-7-3-14(13-22)4-8-16/h3-12,19,25,28H,1-2H3,(H,23,27)(H,24,26)/b12-11+/t19-/m1/s1. The van der Waals surface area contributed by atoms with Gasteiger partial charge in [0.15, 0.2) is 0 Å². The van der Waals surface area contributed by atoms with Crippen molar-refractivity contribution in [2.24, 2.45) is 5.41 Å². The largest absolute Gasteiger partial charge is 0.508 e. The third kappa shape index (κ3) is 6.09. The Bertz CT molecular complexity index is 928. The lowest BCUT2D eigenvalue weighted by atomic mass is 9.82. The number of phenolic OH excluding ortho intramolecular Hbond substituents is 1. The Labute approximate surface area is 168 Å². The number of nitrogens with one attached hydrogen (secondary N) is 2. The minimum atomic E-state index is -0.842. The summed E-state index contributed by atoms with van der Waals surface area (Å²) in [5.74, 6) is -0.660. The molecule has 0 bridgehead atoms. The summed E-state index contributed by atoms with van der Waals surface area (Å²) in [7, 11) is 0. The van der Waals surface area contributed by atoms with E-state index in [2.05, 4.69) is 5.32 Å². The Morgan fingerprint density at radius 1 is 1.14 bits per heavy atom. The molecule has 8 nitrogen and oxygen atoms in total. The minimum absolute atomic E-state index is 0.0579. The quantitative estimate of drug-likeness (QED) is 0.335. The van der Waals surface area contributed by atoms with Gasteiger partial charge in [0.2, 0.25) is 0 Å². The Hall–Kier alpha value is -3.83. The number of amides is 2. The second kappa shape index (κ2) is 9.39. The van der Waals surface area contributed by atoms with E-state index in [1.165, 1.54) is 23.7 Å². The molecule has 0 aliphatic rings. The number of hydrogen-bond donors (Lipinski definition) is 4. The fourth-order valence-corrected chi connectivity index (χ4v) is 2.60. The van der Waals surface area contributed by atoms with Gasteiger partial charge in [-0.05, 0) is 42.0 Å². The highest BCUT2D eigenvalue weighted by atomic mass is 16.6. The van der Waals surface area contributed by atoms with E-state index in [0.29, 0.717) is 16.8 Å². The van der Waals surface area contributed by atoms with Gasteiger partial charge in [-0.25, -0.2) is 10.3 Å². The lowest BCUT2D eigenvalue weighted by Crippen LogP contribution is -2.28. The van der Waals surface area contributed by atoms with Gasteiger partial charge in [-0.3, -0.25) is 15.3 Å². The maximum absolute atomic E-state index is 12.5. The normalized spacial score (nSPS) is 12.1. The van der Waals surface area contributed by atoms with Gasteiger partial charge in [-0.15, -0.1) is 0 Å². The fourth-order valence-electron chi connectivity index (χ4n) is 2.60. The molecular formula is C21H21N3O5. The van der Waals surface area contributed by atoms with Crippen molar-refractivity contribution in [3.8, 4) is 11.8 Å². The van der Waals surface area contributed by atoms with E-state index in [1.54, 1.807) is 50.2 Å². The summed E-state index contributed by atoms with van der Waals surface area (Å²) in [6.45, 7) is 3.50. The molecule has 8 heteroatoms. The van der Waals surface area contributed by atoms with Crippen LogP contribution in [0.15, 0.2) is 60.7 Å². The molecule has 0 aliphatic carbocycles. The van der Waals surface area contributed by atoms with Crippen molar-refractivity contribution in [2.45, 2.75) is 20.0 Å². The number of hydroxylamine groups is 1. The highest BCUT2D eigenvalue weighted by molar-refractivity contribution is 5.86. The molecule has 0 saturated heterocycles.